The lowest BCUT2D eigenvalue weighted by molar-refractivity contribution is -0.139. The molecule has 0 aliphatic carbocycles. The molecule has 0 radical (unpaired) electrons. The second-order valence-corrected chi connectivity index (χ2v) is 6.90. The molecule has 0 unspecified atom stereocenters. The third-order valence-corrected chi connectivity index (χ3v) is 5.05. The summed E-state index contributed by atoms with van der Waals surface area (Å²) in [5, 5.41) is 11.9. The molecule has 3 rings (SSSR count). The number of hydrogen-bond donors (Lipinski definition) is 2. The van der Waals surface area contributed by atoms with E-state index in [9.17, 15) is 14.4 Å². The van der Waals surface area contributed by atoms with Crippen molar-refractivity contribution in [1.29, 1.82) is 0 Å². The van der Waals surface area contributed by atoms with Gasteiger partial charge in [0.15, 0.2) is 12.4 Å². The second-order valence-electron chi connectivity index (χ2n) is 6.90. The van der Waals surface area contributed by atoms with Crippen molar-refractivity contribution in [3.05, 3.63) is 29.8 Å². The van der Waals surface area contributed by atoms with Gasteiger partial charge < -0.3 is 20.1 Å². The number of rotatable bonds is 7. The molecule has 0 atom stereocenters. The third-order valence-electron chi connectivity index (χ3n) is 5.05. The molecule has 0 saturated carbocycles. The van der Waals surface area contributed by atoms with E-state index < -0.39 is 12.6 Å². The van der Waals surface area contributed by atoms with Crippen molar-refractivity contribution in [2.45, 2.75) is 18.9 Å². The third kappa shape index (κ3) is 7.15. The van der Waals surface area contributed by atoms with Crippen LogP contribution in [0.5, 0.6) is 5.75 Å². The molecule has 2 saturated heterocycles. The highest BCUT2D eigenvalue weighted by molar-refractivity contribution is 5.99. The number of Topliss-reactive ketones (excluding diaryl/α,β-unsaturated/α-hetero) is 1. The summed E-state index contributed by atoms with van der Waals surface area (Å²) < 4.78 is 5.05. The van der Waals surface area contributed by atoms with Gasteiger partial charge in [0.2, 0.25) is 5.91 Å². The number of ether oxygens (including phenoxy) is 1. The van der Waals surface area contributed by atoms with E-state index in [-0.39, 0.29) is 43.0 Å². The van der Waals surface area contributed by atoms with Gasteiger partial charge in [-0.05, 0) is 50.2 Å². The second kappa shape index (κ2) is 12.0. The van der Waals surface area contributed by atoms with Gasteiger partial charge in [-0.2, -0.15) is 0 Å². The number of piperidine rings is 1. The number of nitrogens with zero attached hydrogens (tertiary/aromatic N) is 2. The molecule has 0 bridgehead atoms. The molecule has 2 aliphatic rings. The summed E-state index contributed by atoms with van der Waals surface area (Å²) >= 11 is 0. The number of carboxylic acids is 1. The van der Waals surface area contributed by atoms with Gasteiger partial charge in [-0.15, -0.1) is 24.8 Å². The highest BCUT2D eigenvalue weighted by Crippen LogP contribution is 2.17. The molecule has 1 aromatic carbocycles. The van der Waals surface area contributed by atoms with Crippen molar-refractivity contribution in [3.63, 3.8) is 0 Å². The van der Waals surface area contributed by atoms with E-state index in [1.54, 1.807) is 29.2 Å². The number of amides is 1. The van der Waals surface area contributed by atoms with Crippen LogP contribution in [-0.4, -0.2) is 84.5 Å². The lowest BCUT2D eigenvalue weighted by Gasteiger charge is -2.40. The van der Waals surface area contributed by atoms with Crippen LogP contribution < -0.4 is 10.1 Å². The molecule has 29 heavy (non-hydrogen) atoms. The summed E-state index contributed by atoms with van der Waals surface area (Å²) in [5.41, 5.74) is 0.478. The number of carboxylic acid groups (broad SMARTS) is 1. The maximum absolute atomic E-state index is 12.5. The first-order chi connectivity index (χ1) is 13.0. The van der Waals surface area contributed by atoms with Crippen LogP contribution in [0.4, 0.5) is 0 Å². The number of aliphatic carboxylic acids is 1. The first-order valence-electron chi connectivity index (χ1n) is 9.23. The zero-order valence-electron chi connectivity index (χ0n) is 16.0. The fourth-order valence-corrected chi connectivity index (χ4v) is 3.52. The number of carbonyl (C=O) groups is 3. The molecule has 2 N–H and O–H groups in total. The maximum atomic E-state index is 12.5. The molecule has 1 aromatic rings. The van der Waals surface area contributed by atoms with Gasteiger partial charge in [-0.3, -0.25) is 14.5 Å². The van der Waals surface area contributed by atoms with E-state index >= 15 is 0 Å². The van der Waals surface area contributed by atoms with Gasteiger partial charge >= 0.3 is 5.97 Å². The Hall–Kier alpha value is -1.87. The van der Waals surface area contributed by atoms with Crippen molar-refractivity contribution in [2.75, 3.05) is 45.9 Å². The molecule has 0 spiro atoms. The number of ketones is 1. The molecular formula is C19H27Cl2N3O5. The number of halogens is 2. The Kier molecular flexibility index (Phi) is 10.4. The standard InChI is InChI=1S/C19H25N3O5.2ClH/c23-17(14-1-3-16(4-2-14)27-13-19(25)26)11-22-10-9-21(12-18(22)24)15-5-7-20-8-6-15;;/h1-4,15,20H,5-13H2,(H,25,26);2*1H. The van der Waals surface area contributed by atoms with Crippen LogP contribution in [0.15, 0.2) is 24.3 Å². The molecule has 2 fully saturated rings. The summed E-state index contributed by atoms with van der Waals surface area (Å²) in [5.74, 6) is -0.809. The van der Waals surface area contributed by atoms with Crippen LogP contribution in [-0.2, 0) is 9.59 Å². The van der Waals surface area contributed by atoms with Crippen molar-refractivity contribution in [2.24, 2.45) is 0 Å². The summed E-state index contributed by atoms with van der Waals surface area (Å²) in [6.07, 6.45) is 2.12. The number of piperazine rings is 1. The Labute approximate surface area is 182 Å². The van der Waals surface area contributed by atoms with Crippen LogP contribution in [0.25, 0.3) is 0 Å². The van der Waals surface area contributed by atoms with Gasteiger partial charge in [0.25, 0.3) is 0 Å². The molecule has 162 valence electrons. The maximum Gasteiger partial charge on any atom is 0.341 e. The van der Waals surface area contributed by atoms with Crippen molar-refractivity contribution < 1.29 is 24.2 Å². The minimum atomic E-state index is -1.06. The van der Waals surface area contributed by atoms with E-state index in [2.05, 4.69) is 10.2 Å². The van der Waals surface area contributed by atoms with Crippen molar-refractivity contribution in [1.82, 2.24) is 15.1 Å². The van der Waals surface area contributed by atoms with E-state index in [0.717, 1.165) is 32.5 Å². The molecular weight excluding hydrogens is 421 g/mol. The van der Waals surface area contributed by atoms with Crippen LogP contribution in [0, 0.1) is 0 Å². The number of hydrogen-bond acceptors (Lipinski definition) is 6. The summed E-state index contributed by atoms with van der Waals surface area (Å²) in [7, 11) is 0. The average molecular weight is 448 g/mol. The molecule has 10 heteroatoms. The predicted octanol–water partition coefficient (Wildman–Crippen LogP) is 1.07. The molecule has 0 aromatic heterocycles. The number of nitrogens with one attached hydrogen (secondary N) is 1. The molecule has 2 aliphatic heterocycles. The SMILES string of the molecule is Cl.Cl.O=C(O)COc1ccc(C(=O)CN2CCN(C3CCNCC3)CC2=O)cc1. The van der Waals surface area contributed by atoms with Crippen molar-refractivity contribution >= 4 is 42.5 Å². The fraction of sp³-hybridized carbons (Fsp3) is 0.526. The van der Waals surface area contributed by atoms with Gasteiger partial charge in [0.05, 0.1) is 13.1 Å². The fourth-order valence-electron chi connectivity index (χ4n) is 3.52. The molecule has 8 nitrogen and oxygen atoms in total. The molecule has 1 amide bonds. The van der Waals surface area contributed by atoms with E-state index in [4.69, 9.17) is 9.84 Å². The van der Waals surface area contributed by atoms with Crippen LogP contribution in [0.3, 0.4) is 0 Å². The van der Waals surface area contributed by atoms with Crippen LogP contribution in [0.1, 0.15) is 23.2 Å². The first-order valence-corrected chi connectivity index (χ1v) is 9.23. The van der Waals surface area contributed by atoms with Gasteiger partial charge in [-0.1, -0.05) is 0 Å². The zero-order valence-corrected chi connectivity index (χ0v) is 17.7. The highest BCUT2D eigenvalue weighted by atomic mass is 35.5. The monoisotopic (exact) mass is 447 g/mol. The minimum Gasteiger partial charge on any atom is -0.482 e. The van der Waals surface area contributed by atoms with E-state index in [1.807, 2.05) is 0 Å². The Bertz CT molecular complexity index is 696. The lowest BCUT2D eigenvalue weighted by atomic mass is 10.0. The van der Waals surface area contributed by atoms with E-state index in [1.165, 1.54) is 0 Å². The minimum absolute atomic E-state index is 0. The zero-order chi connectivity index (χ0) is 19.2. The Morgan fingerprint density at radius 2 is 1.76 bits per heavy atom. The Balaban J connectivity index is 0.00000210. The Morgan fingerprint density at radius 1 is 1.10 bits per heavy atom. The summed E-state index contributed by atoms with van der Waals surface area (Å²) in [6, 6.07) is 6.76. The summed E-state index contributed by atoms with van der Waals surface area (Å²) in [6.45, 7) is 3.35. The Morgan fingerprint density at radius 3 is 2.34 bits per heavy atom. The largest absolute Gasteiger partial charge is 0.482 e. The van der Waals surface area contributed by atoms with Gasteiger partial charge in [0, 0.05) is 24.7 Å². The predicted molar refractivity (Wildman–Crippen MR) is 112 cm³/mol. The smallest absolute Gasteiger partial charge is 0.341 e. The molecule has 2 heterocycles. The van der Waals surface area contributed by atoms with Crippen molar-refractivity contribution in [3.8, 4) is 5.75 Å². The lowest BCUT2D eigenvalue weighted by Crippen LogP contribution is -2.56. The van der Waals surface area contributed by atoms with Crippen LogP contribution >= 0.6 is 24.8 Å². The normalized spacial score (nSPS) is 17.8. The van der Waals surface area contributed by atoms with E-state index in [0.29, 0.717) is 30.4 Å². The topological polar surface area (TPSA) is 99.2 Å². The average Bonchev–Trinajstić information content (AvgIpc) is 2.69. The first kappa shape index (κ1) is 25.2. The van der Waals surface area contributed by atoms with Gasteiger partial charge in [0.1, 0.15) is 5.75 Å². The quantitative estimate of drug-likeness (QED) is 0.603. The highest BCUT2D eigenvalue weighted by Gasteiger charge is 2.30. The van der Waals surface area contributed by atoms with Crippen LogP contribution in [0.2, 0.25) is 0 Å². The number of benzene rings is 1. The van der Waals surface area contributed by atoms with Gasteiger partial charge in [-0.25, -0.2) is 4.79 Å². The summed E-state index contributed by atoms with van der Waals surface area (Å²) in [4.78, 5) is 39.3. The number of carbonyl (C=O) groups excluding carboxylic acids is 2.